The number of nitrogens with one attached hydrogen (secondary N) is 1. The molecular weight excluding hydrogens is 452 g/mol. The van der Waals surface area contributed by atoms with E-state index in [0.29, 0.717) is 33.0 Å². The molecule has 0 aliphatic carbocycles. The number of amides is 1. The number of para-hydroxylation sites is 2. The monoisotopic (exact) mass is 468 g/mol. The van der Waals surface area contributed by atoms with E-state index in [-0.39, 0.29) is 0 Å². The van der Waals surface area contributed by atoms with Crippen LogP contribution in [0.2, 0.25) is 5.02 Å². The normalized spacial score (nSPS) is 11.2. The molecule has 2 aromatic heterocycles. The number of benzene rings is 3. The van der Waals surface area contributed by atoms with Crippen LogP contribution < -0.4 is 11.1 Å². The molecule has 0 aliphatic rings. The summed E-state index contributed by atoms with van der Waals surface area (Å²) in [5.41, 5.74) is 4.88. The minimum Gasteiger partial charge on any atom is -0.422 e. The van der Waals surface area contributed by atoms with Crippen molar-refractivity contribution in [1.29, 1.82) is 0 Å². The number of hydrogen-bond donors (Lipinski definition) is 1. The number of halogens is 1. The van der Waals surface area contributed by atoms with Crippen LogP contribution in [0, 0.1) is 0 Å². The van der Waals surface area contributed by atoms with Crippen molar-refractivity contribution in [3.63, 3.8) is 0 Å². The fourth-order valence-electron chi connectivity index (χ4n) is 3.46. The van der Waals surface area contributed by atoms with Crippen LogP contribution in [0.15, 0.2) is 105 Å². The van der Waals surface area contributed by atoms with Gasteiger partial charge >= 0.3 is 5.63 Å². The minimum atomic E-state index is -0.517. The van der Waals surface area contributed by atoms with Crippen LogP contribution in [0.5, 0.6) is 0 Å². The van der Waals surface area contributed by atoms with E-state index in [1.807, 2.05) is 42.5 Å². The van der Waals surface area contributed by atoms with E-state index in [1.54, 1.807) is 53.3 Å². The molecule has 0 aliphatic heterocycles. The molecule has 166 valence electrons. The van der Waals surface area contributed by atoms with Gasteiger partial charge in [-0.25, -0.2) is 14.9 Å². The molecule has 0 saturated heterocycles. The molecule has 34 heavy (non-hydrogen) atoms. The summed E-state index contributed by atoms with van der Waals surface area (Å²) in [4.78, 5) is 25.2. The largest absolute Gasteiger partial charge is 0.422 e. The second kappa shape index (κ2) is 9.17. The summed E-state index contributed by atoms with van der Waals surface area (Å²) in [6.07, 6.45) is 3.18. The maximum Gasteiger partial charge on any atom is 0.345 e. The number of aromatic nitrogens is 2. The molecule has 2 heterocycles. The van der Waals surface area contributed by atoms with Gasteiger partial charge in [0.1, 0.15) is 11.3 Å². The SMILES string of the molecule is O=C(NN=Cc1cn(-c2ccccc2)nc1-c1cc2ccccc2oc1=O)c1ccc(Cl)cc1. The molecule has 3 aromatic carbocycles. The Bertz CT molecular complexity index is 1570. The third kappa shape index (κ3) is 4.37. The van der Waals surface area contributed by atoms with Gasteiger partial charge in [-0.1, -0.05) is 48.0 Å². The summed E-state index contributed by atoms with van der Waals surface area (Å²) in [6.45, 7) is 0. The minimum absolute atomic E-state index is 0.291. The Hall–Kier alpha value is -4.49. The van der Waals surface area contributed by atoms with Crippen LogP contribution in [0.1, 0.15) is 15.9 Å². The van der Waals surface area contributed by atoms with Gasteiger partial charge in [-0.15, -0.1) is 0 Å². The van der Waals surface area contributed by atoms with Crippen molar-refractivity contribution in [3.05, 3.63) is 118 Å². The molecule has 0 bridgehead atoms. The molecule has 5 aromatic rings. The van der Waals surface area contributed by atoms with Crippen molar-refractivity contribution >= 4 is 34.7 Å². The second-order valence-electron chi connectivity index (χ2n) is 7.40. The van der Waals surface area contributed by atoms with Crippen molar-refractivity contribution in [2.45, 2.75) is 0 Å². The van der Waals surface area contributed by atoms with Crippen molar-refractivity contribution in [2.24, 2.45) is 5.10 Å². The molecule has 7 nitrogen and oxygen atoms in total. The Balaban J connectivity index is 1.53. The number of carbonyl (C=O) groups excluding carboxylic acids is 1. The first-order chi connectivity index (χ1) is 16.6. The molecule has 0 fully saturated rings. The Morgan fingerprint density at radius 3 is 2.53 bits per heavy atom. The third-order valence-corrected chi connectivity index (χ3v) is 5.39. The highest BCUT2D eigenvalue weighted by atomic mass is 35.5. The lowest BCUT2D eigenvalue weighted by Crippen LogP contribution is -2.17. The Kier molecular flexibility index (Phi) is 5.76. The highest BCUT2D eigenvalue weighted by molar-refractivity contribution is 6.30. The summed E-state index contributed by atoms with van der Waals surface area (Å²) in [7, 11) is 0. The lowest BCUT2D eigenvalue weighted by Gasteiger charge is -2.02. The molecule has 5 rings (SSSR count). The van der Waals surface area contributed by atoms with Crippen LogP contribution in [0.4, 0.5) is 0 Å². The molecule has 0 saturated carbocycles. The van der Waals surface area contributed by atoms with Crippen molar-refractivity contribution in [1.82, 2.24) is 15.2 Å². The van der Waals surface area contributed by atoms with E-state index in [4.69, 9.17) is 16.0 Å². The Morgan fingerprint density at radius 2 is 1.74 bits per heavy atom. The van der Waals surface area contributed by atoms with E-state index in [9.17, 15) is 9.59 Å². The maximum absolute atomic E-state index is 12.8. The van der Waals surface area contributed by atoms with Crippen molar-refractivity contribution < 1.29 is 9.21 Å². The van der Waals surface area contributed by atoms with E-state index in [1.165, 1.54) is 6.21 Å². The first-order valence-electron chi connectivity index (χ1n) is 10.4. The third-order valence-electron chi connectivity index (χ3n) is 5.14. The first-order valence-corrected chi connectivity index (χ1v) is 10.7. The molecular formula is C26H17ClN4O3. The highest BCUT2D eigenvalue weighted by Gasteiger charge is 2.16. The summed E-state index contributed by atoms with van der Waals surface area (Å²) in [6, 6.07) is 24.9. The van der Waals surface area contributed by atoms with Gasteiger partial charge in [0.05, 0.1) is 17.5 Å². The molecule has 0 radical (unpaired) electrons. The topological polar surface area (TPSA) is 89.5 Å². The number of hydrogen-bond acceptors (Lipinski definition) is 5. The van der Waals surface area contributed by atoms with Crippen LogP contribution in [0.3, 0.4) is 0 Å². The van der Waals surface area contributed by atoms with E-state index in [2.05, 4.69) is 15.6 Å². The van der Waals surface area contributed by atoms with Gasteiger partial charge in [0.2, 0.25) is 0 Å². The van der Waals surface area contributed by atoms with Crippen LogP contribution in [-0.2, 0) is 0 Å². The number of carbonyl (C=O) groups is 1. The predicted molar refractivity (Wildman–Crippen MR) is 132 cm³/mol. The summed E-state index contributed by atoms with van der Waals surface area (Å²) in [5.74, 6) is -0.393. The average Bonchev–Trinajstić information content (AvgIpc) is 3.28. The summed E-state index contributed by atoms with van der Waals surface area (Å²) < 4.78 is 7.14. The van der Waals surface area contributed by atoms with Crippen LogP contribution in [-0.4, -0.2) is 21.9 Å². The maximum atomic E-state index is 12.8. The number of hydrazone groups is 1. The van der Waals surface area contributed by atoms with Gasteiger partial charge in [-0.05, 0) is 48.5 Å². The number of rotatable bonds is 5. The average molecular weight is 469 g/mol. The smallest absolute Gasteiger partial charge is 0.345 e. The zero-order valence-corrected chi connectivity index (χ0v) is 18.4. The van der Waals surface area contributed by atoms with Gasteiger partial charge in [-0.2, -0.15) is 10.2 Å². The number of nitrogens with zero attached hydrogens (tertiary/aromatic N) is 3. The zero-order chi connectivity index (χ0) is 23.5. The van der Waals surface area contributed by atoms with Crippen molar-refractivity contribution in [3.8, 4) is 16.9 Å². The van der Waals surface area contributed by atoms with E-state index in [0.717, 1.165) is 11.1 Å². The Morgan fingerprint density at radius 1 is 1.00 bits per heavy atom. The fraction of sp³-hybridized carbons (Fsp3) is 0. The number of fused-ring (bicyclic) bond motifs is 1. The van der Waals surface area contributed by atoms with Gasteiger partial charge < -0.3 is 4.42 Å². The predicted octanol–water partition coefficient (Wildman–Crippen LogP) is 5.06. The standard InChI is InChI=1S/C26H17ClN4O3/c27-20-12-10-17(11-13-20)25(32)29-28-15-19-16-31(21-7-2-1-3-8-21)30-24(19)22-14-18-6-4-5-9-23(18)34-26(22)33/h1-16H,(H,29,32). The lowest BCUT2D eigenvalue weighted by molar-refractivity contribution is 0.0955. The molecule has 8 heteroatoms. The quantitative estimate of drug-likeness (QED) is 0.222. The van der Waals surface area contributed by atoms with Gasteiger partial charge in [-0.3, -0.25) is 4.79 Å². The van der Waals surface area contributed by atoms with Crippen LogP contribution in [0.25, 0.3) is 27.9 Å². The summed E-state index contributed by atoms with van der Waals surface area (Å²) in [5, 5.41) is 10.0. The highest BCUT2D eigenvalue weighted by Crippen LogP contribution is 2.23. The zero-order valence-electron chi connectivity index (χ0n) is 17.7. The van der Waals surface area contributed by atoms with Crippen LogP contribution >= 0.6 is 11.6 Å². The fourth-order valence-corrected chi connectivity index (χ4v) is 3.58. The first kappa shape index (κ1) is 21.4. The van der Waals surface area contributed by atoms with Gasteiger partial charge in [0.15, 0.2) is 0 Å². The Labute approximate surface area is 198 Å². The second-order valence-corrected chi connectivity index (χ2v) is 7.84. The van der Waals surface area contributed by atoms with E-state index < -0.39 is 11.5 Å². The molecule has 1 amide bonds. The van der Waals surface area contributed by atoms with Crippen molar-refractivity contribution in [2.75, 3.05) is 0 Å². The molecule has 1 N–H and O–H groups in total. The summed E-state index contributed by atoms with van der Waals surface area (Å²) >= 11 is 5.87. The van der Waals surface area contributed by atoms with Gasteiger partial charge in [0, 0.05) is 27.7 Å². The molecule has 0 atom stereocenters. The lowest BCUT2D eigenvalue weighted by atomic mass is 10.1. The molecule has 0 spiro atoms. The van der Waals surface area contributed by atoms with E-state index >= 15 is 0 Å². The molecule has 0 unspecified atom stereocenters. The van der Waals surface area contributed by atoms with Gasteiger partial charge in [0.25, 0.3) is 5.91 Å².